The Labute approximate surface area is 603 Å². The predicted octanol–water partition coefficient (Wildman–Crippen LogP) is 25.4. The zero-order valence-electron chi connectivity index (χ0n) is 56.8. The molecule has 0 N–H and O–H groups in total. The van der Waals surface area contributed by atoms with E-state index in [2.05, 4.69) is 311 Å². The van der Waals surface area contributed by atoms with Crippen LogP contribution < -0.4 is 5.46 Å². The molecular formula is C96H66BBrN2O2. The monoisotopic (exact) mass is 1370 g/mol. The first-order chi connectivity index (χ1) is 50.0. The molecule has 0 aromatic heterocycles. The Bertz CT molecular complexity index is 5880. The van der Waals surface area contributed by atoms with Crippen LogP contribution in [0.1, 0.15) is 38.8 Å². The number of hydrogen-bond donors (Lipinski definition) is 0. The maximum Gasteiger partial charge on any atom is 0.495 e. The lowest BCUT2D eigenvalue weighted by atomic mass is 9.75. The van der Waals surface area contributed by atoms with Crippen LogP contribution >= 0.6 is 15.9 Å². The van der Waals surface area contributed by atoms with Crippen LogP contribution in [0.15, 0.2) is 332 Å². The molecule has 4 nitrogen and oxygen atoms in total. The lowest BCUT2D eigenvalue weighted by Crippen LogP contribution is -2.41. The van der Waals surface area contributed by atoms with Gasteiger partial charge in [-0.25, -0.2) is 0 Å². The summed E-state index contributed by atoms with van der Waals surface area (Å²) in [4.78, 5) is 0. The molecule has 0 bridgehead atoms. The molecule has 16 aromatic rings. The van der Waals surface area contributed by atoms with Gasteiger partial charge >= 0.3 is 7.12 Å². The fraction of sp³-hybridized carbons (Fsp3) is 0.0625. The standard InChI is InChI=1S/C45H27N.C38H31BO2.C13H8BrN/c46-28-33-27-32(23-24-34(33)29-13-4-1-5-14-29)35-25-26-40-43-36(35)21-12-22-39(43)44-41(30-15-6-2-7-16-30)37-19-10-11-20-38(37)42(45(40)44)31-17-8-3-9-18-31;1-37(2)38(3,4)41-39(40-37)31-23-22-30-34-28(31)20-13-21-29(34)35-32(24-14-7-5-8-15-24)26-18-11-12-19-27(26)33(36(30)35)25-16-9-6-10-17-25;14-12-6-7-13(11(8-12)9-15)10-4-2-1-3-5-10/h1-27H;5-23H,1-4H3;1-8H. The van der Waals surface area contributed by atoms with E-state index in [0.29, 0.717) is 11.1 Å². The Balaban J connectivity index is 0.000000127. The molecule has 0 saturated carbocycles. The normalized spacial score (nSPS) is 13.2. The van der Waals surface area contributed by atoms with Gasteiger partial charge < -0.3 is 9.31 Å². The minimum atomic E-state index is -0.422. The number of nitrogens with zero attached hydrogens (tertiary/aromatic N) is 2. The van der Waals surface area contributed by atoms with Crippen LogP contribution in [0.4, 0.5) is 0 Å². The van der Waals surface area contributed by atoms with Crippen molar-refractivity contribution in [2.24, 2.45) is 0 Å². The summed E-state index contributed by atoms with van der Waals surface area (Å²) in [5, 5.41) is 29.2. The predicted molar refractivity (Wildman–Crippen MR) is 429 cm³/mol. The average molecular weight is 1370 g/mol. The van der Waals surface area contributed by atoms with E-state index in [1.165, 1.54) is 132 Å². The largest absolute Gasteiger partial charge is 0.495 e. The van der Waals surface area contributed by atoms with E-state index < -0.39 is 18.3 Å². The summed E-state index contributed by atoms with van der Waals surface area (Å²) < 4.78 is 14.1. The molecular weight excluding hydrogens is 1300 g/mol. The summed E-state index contributed by atoms with van der Waals surface area (Å²) >= 11 is 3.36. The molecule has 3 aliphatic rings. The van der Waals surface area contributed by atoms with Crippen molar-refractivity contribution in [2.75, 3.05) is 0 Å². The second-order valence-electron chi connectivity index (χ2n) is 27.4. The molecule has 1 heterocycles. The van der Waals surface area contributed by atoms with Crippen molar-refractivity contribution in [3.63, 3.8) is 0 Å². The number of halogens is 1. The van der Waals surface area contributed by atoms with E-state index in [-0.39, 0.29) is 0 Å². The average Bonchev–Trinajstić information content (AvgIpc) is 1.53. The van der Waals surface area contributed by atoms with Gasteiger partial charge in [-0.15, -0.1) is 0 Å². The Morgan fingerprint density at radius 3 is 0.971 bits per heavy atom. The van der Waals surface area contributed by atoms with Crippen molar-refractivity contribution < 1.29 is 9.31 Å². The van der Waals surface area contributed by atoms with Gasteiger partial charge in [-0.05, 0) is 217 Å². The van der Waals surface area contributed by atoms with Crippen LogP contribution in [0.5, 0.6) is 0 Å². The SMILES string of the molecule is CC1(C)OB(c2ccc3c4c(cccc24)-c2c-3c(-c3ccccc3)c3ccccc3c2-c2ccccc2)OC1(C)C.N#Cc1cc(-c2ccc3c4c(cccc24)-c2c-3c(-c3ccccc3)c3ccccc3c2-c2ccccc2)ccc1-c1ccccc1.N#Cc1cc(Br)ccc1-c1ccccc1. The third kappa shape index (κ3) is 10.7. The van der Waals surface area contributed by atoms with Crippen molar-refractivity contribution in [3.05, 3.63) is 343 Å². The van der Waals surface area contributed by atoms with E-state index in [4.69, 9.17) is 14.6 Å². The molecule has 482 valence electrons. The summed E-state index contributed by atoms with van der Waals surface area (Å²) in [7, 11) is -0.422. The van der Waals surface area contributed by atoms with Gasteiger partial charge in [0.1, 0.15) is 0 Å². The molecule has 1 saturated heterocycles. The first-order valence-corrected chi connectivity index (χ1v) is 35.5. The van der Waals surface area contributed by atoms with Gasteiger partial charge in [-0.3, -0.25) is 0 Å². The third-order valence-electron chi connectivity index (χ3n) is 21.1. The lowest BCUT2D eigenvalue weighted by molar-refractivity contribution is 0.00578. The highest BCUT2D eigenvalue weighted by Crippen LogP contribution is 2.60. The van der Waals surface area contributed by atoms with Crippen molar-refractivity contribution in [3.8, 4) is 135 Å². The topological polar surface area (TPSA) is 66.0 Å². The molecule has 0 unspecified atom stereocenters. The summed E-state index contributed by atoms with van der Waals surface area (Å²) in [5.41, 5.74) is 28.2. The molecule has 2 aliphatic carbocycles. The number of nitriles is 2. The maximum absolute atomic E-state index is 10.2. The molecule has 1 aliphatic heterocycles. The van der Waals surface area contributed by atoms with Gasteiger partial charge in [0.25, 0.3) is 0 Å². The van der Waals surface area contributed by atoms with Crippen LogP contribution in [-0.2, 0) is 9.31 Å². The Morgan fingerprint density at radius 1 is 0.265 bits per heavy atom. The van der Waals surface area contributed by atoms with Gasteiger partial charge in [0.05, 0.1) is 34.5 Å². The molecule has 0 radical (unpaired) electrons. The minimum absolute atomic E-state index is 0.401. The summed E-state index contributed by atoms with van der Waals surface area (Å²) in [6.07, 6.45) is 0. The minimum Gasteiger partial charge on any atom is -0.399 e. The first-order valence-electron chi connectivity index (χ1n) is 34.7. The smallest absolute Gasteiger partial charge is 0.399 e. The van der Waals surface area contributed by atoms with Gasteiger partial charge in [0, 0.05) is 4.47 Å². The van der Waals surface area contributed by atoms with E-state index in [1.54, 1.807) is 0 Å². The molecule has 0 spiro atoms. The number of hydrogen-bond acceptors (Lipinski definition) is 4. The zero-order valence-corrected chi connectivity index (χ0v) is 58.4. The highest BCUT2D eigenvalue weighted by molar-refractivity contribution is 9.10. The quantitative estimate of drug-likeness (QED) is 0.142. The van der Waals surface area contributed by atoms with Gasteiger partial charge in [0.15, 0.2) is 0 Å². The fourth-order valence-corrected chi connectivity index (χ4v) is 16.2. The second kappa shape index (κ2) is 25.9. The van der Waals surface area contributed by atoms with Crippen molar-refractivity contribution >= 4 is 71.6 Å². The van der Waals surface area contributed by atoms with Gasteiger partial charge in [-0.1, -0.05) is 325 Å². The Kier molecular flexibility index (Phi) is 16.1. The van der Waals surface area contributed by atoms with Crippen LogP contribution in [0.3, 0.4) is 0 Å². The molecule has 0 atom stereocenters. The third-order valence-corrected chi connectivity index (χ3v) is 21.6. The molecule has 1 fully saturated rings. The molecule has 16 aromatic carbocycles. The van der Waals surface area contributed by atoms with E-state index in [0.717, 1.165) is 43.3 Å². The molecule has 19 rings (SSSR count). The molecule has 6 heteroatoms. The maximum atomic E-state index is 10.2. The molecule has 0 amide bonds. The van der Waals surface area contributed by atoms with Crippen LogP contribution in [0.25, 0.3) is 165 Å². The van der Waals surface area contributed by atoms with Crippen molar-refractivity contribution in [2.45, 2.75) is 38.9 Å². The summed E-state index contributed by atoms with van der Waals surface area (Å²) in [6.45, 7) is 8.47. The highest BCUT2D eigenvalue weighted by atomic mass is 79.9. The van der Waals surface area contributed by atoms with E-state index >= 15 is 0 Å². The number of fused-ring (bicyclic) bond motifs is 8. The van der Waals surface area contributed by atoms with Crippen LogP contribution in [-0.4, -0.2) is 18.3 Å². The Morgan fingerprint density at radius 2 is 0.569 bits per heavy atom. The van der Waals surface area contributed by atoms with E-state index in [9.17, 15) is 5.26 Å². The lowest BCUT2D eigenvalue weighted by Gasteiger charge is -2.32. The fourth-order valence-electron chi connectivity index (χ4n) is 15.8. The second-order valence-corrected chi connectivity index (χ2v) is 28.3. The van der Waals surface area contributed by atoms with Gasteiger partial charge in [-0.2, -0.15) is 10.5 Å². The summed E-state index contributed by atoms with van der Waals surface area (Å²) in [6, 6.07) is 120. The van der Waals surface area contributed by atoms with Crippen molar-refractivity contribution in [1.29, 1.82) is 10.5 Å². The number of benzene rings is 16. The zero-order chi connectivity index (χ0) is 69.2. The van der Waals surface area contributed by atoms with Crippen molar-refractivity contribution in [1.82, 2.24) is 0 Å². The highest BCUT2D eigenvalue weighted by Gasteiger charge is 2.52. The first kappa shape index (κ1) is 63.5. The Hall–Kier alpha value is -12.0. The van der Waals surface area contributed by atoms with Crippen LogP contribution in [0.2, 0.25) is 0 Å². The number of rotatable bonds is 8. The van der Waals surface area contributed by atoms with Gasteiger partial charge in [0.2, 0.25) is 0 Å². The summed E-state index contributed by atoms with van der Waals surface area (Å²) in [5.74, 6) is 0. The molecule has 102 heavy (non-hydrogen) atoms. The van der Waals surface area contributed by atoms with Crippen LogP contribution in [0, 0.1) is 22.7 Å². The van der Waals surface area contributed by atoms with E-state index in [1.807, 2.05) is 72.8 Å².